The van der Waals surface area contributed by atoms with Gasteiger partial charge in [-0.1, -0.05) is 12.1 Å². The monoisotopic (exact) mass is 466 g/mol. The lowest BCUT2D eigenvalue weighted by Crippen LogP contribution is -2.45. The molecule has 0 aliphatic carbocycles. The van der Waals surface area contributed by atoms with Gasteiger partial charge in [-0.25, -0.2) is 9.97 Å². The molecule has 2 atom stereocenters. The van der Waals surface area contributed by atoms with Crippen molar-refractivity contribution in [2.24, 2.45) is 5.73 Å². The molecule has 10 nitrogen and oxygen atoms in total. The van der Waals surface area contributed by atoms with E-state index in [1.54, 1.807) is 13.0 Å². The molecule has 34 heavy (non-hydrogen) atoms. The van der Waals surface area contributed by atoms with Crippen LogP contribution in [0.1, 0.15) is 59.1 Å². The lowest BCUT2D eigenvalue weighted by molar-refractivity contribution is -0.125. The van der Waals surface area contributed by atoms with E-state index in [9.17, 15) is 10.1 Å². The molecule has 1 aromatic carbocycles. The van der Waals surface area contributed by atoms with Crippen molar-refractivity contribution in [3.63, 3.8) is 0 Å². The van der Waals surface area contributed by atoms with E-state index < -0.39 is 18.2 Å². The second-order valence-corrected chi connectivity index (χ2v) is 8.44. The number of anilines is 1. The van der Waals surface area contributed by atoms with Gasteiger partial charge in [-0.15, -0.1) is 0 Å². The number of carbonyl (C=O) groups is 1. The maximum absolute atomic E-state index is 12.7. The fourth-order valence-corrected chi connectivity index (χ4v) is 4.53. The van der Waals surface area contributed by atoms with E-state index >= 15 is 0 Å². The average Bonchev–Trinajstić information content (AvgIpc) is 3.34. The van der Waals surface area contributed by atoms with E-state index in [1.165, 1.54) is 0 Å². The highest BCUT2D eigenvalue weighted by Crippen LogP contribution is 2.37. The van der Waals surface area contributed by atoms with E-state index in [4.69, 9.17) is 19.9 Å². The average molecular weight is 467 g/mol. The number of nitrogens with zero attached hydrogens (tertiary/aromatic N) is 4. The molecule has 0 radical (unpaired) electrons. The van der Waals surface area contributed by atoms with Crippen LogP contribution in [0.15, 0.2) is 18.2 Å². The number of nitriles is 1. The Kier molecular flexibility index (Phi) is 7.38. The fourth-order valence-electron chi connectivity index (χ4n) is 4.53. The van der Waals surface area contributed by atoms with Gasteiger partial charge in [-0.05, 0) is 38.0 Å². The zero-order chi connectivity index (χ0) is 24.2. The van der Waals surface area contributed by atoms with Crippen LogP contribution in [0.25, 0.3) is 0 Å². The van der Waals surface area contributed by atoms with Crippen molar-refractivity contribution in [2.45, 2.75) is 39.1 Å². The van der Waals surface area contributed by atoms with Gasteiger partial charge in [0.25, 0.3) is 0 Å². The van der Waals surface area contributed by atoms with Crippen molar-refractivity contribution in [1.29, 1.82) is 5.26 Å². The van der Waals surface area contributed by atoms with Crippen LogP contribution >= 0.6 is 0 Å². The second-order valence-electron chi connectivity index (χ2n) is 8.44. The summed E-state index contributed by atoms with van der Waals surface area (Å²) in [6.07, 6.45) is -0.722. The maximum Gasteiger partial charge on any atom is 0.241 e. The van der Waals surface area contributed by atoms with Crippen LogP contribution in [-0.4, -0.2) is 60.3 Å². The third-order valence-electron chi connectivity index (χ3n) is 6.20. The van der Waals surface area contributed by atoms with Crippen LogP contribution in [0, 0.1) is 25.2 Å². The third-order valence-corrected chi connectivity index (χ3v) is 6.20. The third kappa shape index (κ3) is 4.88. The van der Waals surface area contributed by atoms with Crippen LogP contribution in [0.4, 0.5) is 5.82 Å². The molecule has 2 aliphatic heterocycles. The predicted molar refractivity (Wildman–Crippen MR) is 124 cm³/mol. The number of rotatable bonds is 7. The minimum atomic E-state index is -0.770. The Balaban J connectivity index is 1.79. The lowest BCUT2D eigenvalue weighted by atomic mass is 9.97. The number of aryl methyl sites for hydroxylation is 1. The summed E-state index contributed by atoms with van der Waals surface area (Å²) >= 11 is 0. The van der Waals surface area contributed by atoms with Crippen molar-refractivity contribution >= 4 is 11.7 Å². The highest BCUT2D eigenvalue weighted by molar-refractivity contribution is 5.82. The molecule has 2 aliphatic rings. The van der Waals surface area contributed by atoms with Gasteiger partial charge >= 0.3 is 0 Å². The first kappa shape index (κ1) is 24.0. The Morgan fingerprint density at radius 1 is 1.21 bits per heavy atom. The number of carbonyl (C=O) groups excluding carboxylic acids is 1. The smallest absolute Gasteiger partial charge is 0.241 e. The van der Waals surface area contributed by atoms with E-state index in [1.807, 2.05) is 30.9 Å². The molecular formula is C24H30N6O4. The zero-order valence-electron chi connectivity index (χ0n) is 19.7. The van der Waals surface area contributed by atoms with Gasteiger partial charge in [-0.2, -0.15) is 5.26 Å². The maximum atomic E-state index is 12.7. The van der Waals surface area contributed by atoms with Crippen molar-refractivity contribution in [2.75, 3.05) is 44.8 Å². The summed E-state index contributed by atoms with van der Waals surface area (Å²) in [5, 5.41) is 12.9. The van der Waals surface area contributed by atoms with E-state index in [0.717, 1.165) is 11.1 Å². The number of nitrogens with one attached hydrogen (secondary N) is 1. The molecule has 2 unspecified atom stereocenters. The number of nitrogens with two attached hydrogens (primary N) is 1. The van der Waals surface area contributed by atoms with Crippen LogP contribution in [0.5, 0.6) is 0 Å². The number of hydrogen-bond acceptors (Lipinski definition) is 9. The largest absolute Gasteiger partial charge is 0.379 e. The predicted octanol–water partition coefficient (Wildman–Crippen LogP) is 2.04. The summed E-state index contributed by atoms with van der Waals surface area (Å²) in [5.74, 6) is 0.507. The van der Waals surface area contributed by atoms with E-state index in [-0.39, 0.29) is 6.04 Å². The summed E-state index contributed by atoms with van der Waals surface area (Å²) in [4.78, 5) is 24.0. The standard InChI is InChI=1S/C24H30N6O4/c1-14-17(13-25)5-4-6-18(14)15(2)27-23-19(24-33-11-12-34-24)20(28-16(3)29-23)21(22(26)31)30-7-9-32-10-8-30/h4-6,15,21,24H,7-12H2,1-3H3,(H2,26,31)(H,27,28,29). The molecule has 3 heterocycles. The Hall–Kier alpha value is -3.10. The SMILES string of the molecule is Cc1nc(NC(C)c2cccc(C#N)c2C)c(C2OCCO2)c(C(C(N)=O)N2CCOCC2)n1. The summed E-state index contributed by atoms with van der Waals surface area (Å²) in [5.41, 5.74) is 9.43. The molecule has 2 fully saturated rings. The van der Waals surface area contributed by atoms with Gasteiger partial charge < -0.3 is 25.3 Å². The molecule has 1 aromatic heterocycles. The highest BCUT2D eigenvalue weighted by atomic mass is 16.7. The number of benzene rings is 1. The normalized spacial score (nSPS) is 18.9. The quantitative estimate of drug-likeness (QED) is 0.628. The van der Waals surface area contributed by atoms with Crippen LogP contribution in [0.2, 0.25) is 0 Å². The van der Waals surface area contributed by atoms with E-state index in [0.29, 0.717) is 68.0 Å². The van der Waals surface area contributed by atoms with Gasteiger partial charge in [0.1, 0.15) is 17.7 Å². The molecule has 4 rings (SSSR count). The molecule has 0 spiro atoms. The van der Waals surface area contributed by atoms with E-state index in [2.05, 4.69) is 21.4 Å². The van der Waals surface area contributed by atoms with Crippen molar-refractivity contribution in [1.82, 2.24) is 14.9 Å². The number of primary amides is 1. The minimum Gasteiger partial charge on any atom is -0.379 e. The molecule has 1 amide bonds. The first-order valence-electron chi connectivity index (χ1n) is 11.4. The minimum absolute atomic E-state index is 0.189. The second kappa shape index (κ2) is 10.4. The molecule has 10 heteroatoms. The molecule has 180 valence electrons. The lowest BCUT2D eigenvalue weighted by Gasteiger charge is -2.34. The Morgan fingerprint density at radius 3 is 2.56 bits per heavy atom. The molecule has 2 aromatic rings. The topological polar surface area (TPSA) is 136 Å². The fraction of sp³-hybridized carbons (Fsp3) is 0.500. The van der Waals surface area contributed by atoms with Gasteiger partial charge in [0.15, 0.2) is 6.29 Å². The number of ether oxygens (including phenoxy) is 3. The van der Waals surface area contributed by atoms with Crippen molar-refractivity contribution < 1.29 is 19.0 Å². The summed E-state index contributed by atoms with van der Waals surface area (Å²) in [7, 11) is 0. The van der Waals surface area contributed by atoms with Crippen molar-refractivity contribution in [3.8, 4) is 6.07 Å². The summed E-state index contributed by atoms with van der Waals surface area (Å²) < 4.78 is 17.2. The van der Waals surface area contributed by atoms with Gasteiger partial charge in [0, 0.05) is 13.1 Å². The van der Waals surface area contributed by atoms with Gasteiger partial charge in [0.05, 0.1) is 55.4 Å². The molecule has 3 N–H and O–H groups in total. The number of morpholine rings is 1. The Bertz CT molecular complexity index is 1090. The van der Waals surface area contributed by atoms with Crippen molar-refractivity contribution in [3.05, 3.63) is 52.0 Å². The molecule has 2 saturated heterocycles. The molecule has 0 saturated carbocycles. The number of aromatic nitrogens is 2. The van der Waals surface area contributed by atoms with Gasteiger partial charge in [-0.3, -0.25) is 9.69 Å². The molecular weight excluding hydrogens is 436 g/mol. The Labute approximate surface area is 199 Å². The first-order valence-corrected chi connectivity index (χ1v) is 11.4. The van der Waals surface area contributed by atoms with Crippen LogP contribution in [0.3, 0.4) is 0 Å². The number of hydrogen-bond donors (Lipinski definition) is 2. The summed E-state index contributed by atoms with van der Waals surface area (Å²) in [6, 6.07) is 6.91. The Morgan fingerprint density at radius 2 is 1.91 bits per heavy atom. The number of amides is 1. The molecule has 0 bridgehead atoms. The van der Waals surface area contributed by atoms with Crippen LogP contribution < -0.4 is 11.1 Å². The van der Waals surface area contributed by atoms with Gasteiger partial charge in [0.2, 0.25) is 5.91 Å². The summed E-state index contributed by atoms with van der Waals surface area (Å²) in [6.45, 7) is 8.68. The zero-order valence-corrected chi connectivity index (χ0v) is 19.7. The van der Waals surface area contributed by atoms with Crippen LogP contribution in [-0.2, 0) is 19.0 Å². The highest BCUT2D eigenvalue weighted by Gasteiger charge is 2.36. The first-order chi connectivity index (χ1) is 16.4.